The Morgan fingerprint density at radius 1 is 0.833 bits per heavy atom. The number of carbonyl (C=O) groups excluding carboxylic acids is 3. The minimum atomic E-state index is -0.982. The molecule has 0 unspecified atom stereocenters. The molecule has 1 saturated heterocycles. The Hall–Kier alpha value is -2.61. The lowest BCUT2D eigenvalue weighted by molar-refractivity contribution is -0.124. The van der Waals surface area contributed by atoms with Crippen molar-refractivity contribution in [3.05, 3.63) is 35.9 Å². The fourth-order valence-electron chi connectivity index (χ4n) is 4.47. The molecule has 1 aromatic rings. The maximum Gasteiger partial charge on any atom is 0.315 e. The molecule has 4 amide bonds. The van der Waals surface area contributed by atoms with Crippen molar-refractivity contribution in [2.45, 2.75) is 103 Å². The van der Waals surface area contributed by atoms with E-state index in [1.807, 2.05) is 44.2 Å². The van der Waals surface area contributed by atoms with E-state index in [2.05, 4.69) is 21.3 Å². The molecule has 202 valence electrons. The zero-order chi connectivity index (χ0) is 26.2. The number of hydrogen-bond acceptors (Lipinski definition) is 4. The molecule has 2 rings (SSSR count). The normalized spacial score (nSPS) is 24.9. The van der Waals surface area contributed by atoms with E-state index < -0.39 is 24.2 Å². The van der Waals surface area contributed by atoms with Crippen LogP contribution in [0.5, 0.6) is 0 Å². The monoisotopic (exact) mass is 502 g/mol. The first kappa shape index (κ1) is 29.6. The van der Waals surface area contributed by atoms with Gasteiger partial charge in [-0.3, -0.25) is 9.59 Å². The van der Waals surface area contributed by atoms with E-state index in [0.29, 0.717) is 19.4 Å². The summed E-state index contributed by atoms with van der Waals surface area (Å²) in [6.45, 7) is 4.32. The number of β-amino-alcohol motifs (C(OH)–C–C–N with tert-alkyl or cyclic N) is 1. The molecule has 0 spiro atoms. The lowest BCUT2D eigenvalue weighted by Crippen LogP contribution is -2.55. The molecule has 8 nitrogen and oxygen atoms in total. The first-order chi connectivity index (χ1) is 17.4. The number of carbonyl (C=O) groups is 3. The molecule has 0 radical (unpaired) electrons. The van der Waals surface area contributed by atoms with Gasteiger partial charge in [-0.15, -0.1) is 0 Å². The molecule has 1 fully saturated rings. The third-order valence-corrected chi connectivity index (χ3v) is 6.70. The smallest absolute Gasteiger partial charge is 0.315 e. The molecule has 0 saturated carbocycles. The number of urea groups is 1. The van der Waals surface area contributed by atoms with E-state index in [-0.39, 0.29) is 24.3 Å². The van der Waals surface area contributed by atoms with Crippen LogP contribution in [-0.2, 0) is 16.0 Å². The molecule has 0 aromatic heterocycles. The highest BCUT2D eigenvalue weighted by Crippen LogP contribution is 2.12. The lowest BCUT2D eigenvalue weighted by Gasteiger charge is -2.26. The first-order valence-corrected chi connectivity index (χ1v) is 13.7. The molecule has 0 aliphatic carbocycles. The van der Waals surface area contributed by atoms with Crippen LogP contribution in [0, 0.1) is 5.92 Å². The van der Waals surface area contributed by atoms with Crippen molar-refractivity contribution < 1.29 is 19.5 Å². The van der Waals surface area contributed by atoms with Gasteiger partial charge in [0.2, 0.25) is 11.8 Å². The Bertz CT molecular complexity index is 787. The van der Waals surface area contributed by atoms with Gasteiger partial charge in [0.15, 0.2) is 0 Å². The van der Waals surface area contributed by atoms with Crippen molar-refractivity contribution in [2.75, 3.05) is 13.1 Å². The molecule has 5 N–H and O–H groups in total. The van der Waals surface area contributed by atoms with E-state index in [1.54, 1.807) is 0 Å². The fourth-order valence-corrected chi connectivity index (χ4v) is 4.47. The molecule has 1 aliphatic heterocycles. The highest BCUT2D eigenvalue weighted by atomic mass is 16.3. The van der Waals surface area contributed by atoms with Crippen molar-refractivity contribution in [1.29, 1.82) is 0 Å². The van der Waals surface area contributed by atoms with Crippen molar-refractivity contribution >= 4 is 17.8 Å². The molecule has 3 atom stereocenters. The predicted molar refractivity (Wildman–Crippen MR) is 142 cm³/mol. The van der Waals surface area contributed by atoms with Gasteiger partial charge in [0.25, 0.3) is 0 Å². The van der Waals surface area contributed by atoms with E-state index in [0.717, 1.165) is 44.1 Å². The van der Waals surface area contributed by atoms with E-state index >= 15 is 0 Å². The topological polar surface area (TPSA) is 120 Å². The minimum Gasteiger partial charge on any atom is -0.389 e. The fraction of sp³-hybridized carbons (Fsp3) is 0.679. The van der Waals surface area contributed by atoms with Crippen LogP contribution in [0.1, 0.15) is 83.6 Å². The van der Waals surface area contributed by atoms with E-state index in [4.69, 9.17) is 0 Å². The predicted octanol–water partition coefficient (Wildman–Crippen LogP) is 3.43. The van der Waals surface area contributed by atoms with Gasteiger partial charge < -0.3 is 26.4 Å². The Balaban J connectivity index is 2.04. The standard InChI is InChI=1S/C28H46N4O4/c1-21(2)26-27(35)29-18-14-9-7-5-3-4-6-8-13-17-25(34)31-23(19-22-15-11-10-12-16-22)24(33)20-30-28(36)32-26/h10-12,15-16,21,23-24,26,33H,3-9,13-14,17-20H2,1-2H3,(H,29,35)(H,31,34)(H2,30,32,36)/t23-,24-,26-/m0/s1. The second kappa shape index (κ2) is 17.0. The van der Waals surface area contributed by atoms with Crippen LogP contribution in [0.4, 0.5) is 4.79 Å². The summed E-state index contributed by atoms with van der Waals surface area (Å²) >= 11 is 0. The second-order valence-corrected chi connectivity index (χ2v) is 10.2. The van der Waals surface area contributed by atoms with Crippen LogP contribution in [0.15, 0.2) is 30.3 Å². The summed E-state index contributed by atoms with van der Waals surface area (Å²) in [5, 5.41) is 22.2. The quantitative estimate of drug-likeness (QED) is 0.435. The molecule has 36 heavy (non-hydrogen) atoms. The van der Waals surface area contributed by atoms with Gasteiger partial charge in [-0.05, 0) is 30.7 Å². The summed E-state index contributed by atoms with van der Waals surface area (Å²) in [7, 11) is 0. The molecule has 8 heteroatoms. The van der Waals surface area contributed by atoms with E-state index in [1.165, 1.54) is 19.3 Å². The van der Waals surface area contributed by atoms with Gasteiger partial charge in [-0.2, -0.15) is 0 Å². The van der Waals surface area contributed by atoms with Crippen molar-refractivity contribution in [3.8, 4) is 0 Å². The molecule has 1 aliphatic rings. The van der Waals surface area contributed by atoms with Crippen molar-refractivity contribution in [1.82, 2.24) is 21.3 Å². The van der Waals surface area contributed by atoms with Crippen LogP contribution in [0.25, 0.3) is 0 Å². The van der Waals surface area contributed by atoms with Crippen molar-refractivity contribution in [3.63, 3.8) is 0 Å². The van der Waals surface area contributed by atoms with Gasteiger partial charge in [-0.1, -0.05) is 89.1 Å². The maximum atomic E-state index is 12.7. The summed E-state index contributed by atoms with van der Waals surface area (Å²) in [5.74, 6) is -0.369. The number of hydrogen-bond donors (Lipinski definition) is 5. The molecule has 1 heterocycles. The van der Waals surface area contributed by atoms with Gasteiger partial charge in [0, 0.05) is 19.5 Å². The zero-order valence-electron chi connectivity index (χ0n) is 22.1. The van der Waals surface area contributed by atoms with Gasteiger partial charge >= 0.3 is 6.03 Å². The zero-order valence-corrected chi connectivity index (χ0v) is 22.1. The van der Waals surface area contributed by atoms with Gasteiger partial charge in [0.1, 0.15) is 6.04 Å². The van der Waals surface area contributed by atoms with Crippen LogP contribution in [0.3, 0.4) is 0 Å². The Kier molecular flexibility index (Phi) is 13.9. The SMILES string of the molecule is CC(C)[C@@H]1NC(=O)NC[C@H](O)[C@H](Cc2ccccc2)NC(=O)CCCCCCCCCCCNC1=O. The highest BCUT2D eigenvalue weighted by Gasteiger charge is 2.26. The Morgan fingerprint density at radius 3 is 2.08 bits per heavy atom. The number of benzene rings is 1. The number of aliphatic hydroxyl groups is 1. The Morgan fingerprint density at radius 2 is 1.44 bits per heavy atom. The van der Waals surface area contributed by atoms with Crippen molar-refractivity contribution in [2.24, 2.45) is 5.92 Å². The lowest BCUT2D eigenvalue weighted by atomic mass is 10.0. The average molecular weight is 503 g/mol. The highest BCUT2D eigenvalue weighted by molar-refractivity contribution is 5.87. The maximum absolute atomic E-state index is 12.7. The number of nitrogens with one attached hydrogen (secondary N) is 4. The summed E-state index contributed by atoms with van der Waals surface area (Å²) in [6.07, 6.45) is 9.57. The Labute approximate surface area is 216 Å². The largest absolute Gasteiger partial charge is 0.389 e. The summed E-state index contributed by atoms with van der Waals surface area (Å²) in [5.41, 5.74) is 0.990. The molecule has 0 bridgehead atoms. The van der Waals surface area contributed by atoms with Gasteiger partial charge in [0.05, 0.1) is 12.1 Å². The van der Waals surface area contributed by atoms with Crippen LogP contribution in [0.2, 0.25) is 0 Å². The third kappa shape index (κ3) is 11.9. The number of aliphatic hydroxyl groups excluding tert-OH is 1. The summed E-state index contributed by atoms with van der Waals surface area (Å²) < 4.78 is 0. The van der Waals surface area contributed by atoms with Crippen LogP contribution >= 0.6 is 0 Å². The average Bonchev–Trinajstić information content (AvgIpc) is 2.85. The van der Waals surface area contributed by atoms with Crippen LogP contribution in [-0.4, -0.2) is 54.2 Å². The molecular formula is C28H46N4O4. The minimum absolute atomic E-state index is 0.0456. The number of rotatable bonds is 3. The van der Waals surface area contributed by atoms with E-state index in [9.17, 15) is 19.5 Å². The van der Waals surface area contributed by atoms with Crippen LogP contribution < -0.4 is 21.3 Å². The summed E-state index contributed by atoms with van der Waals surface area (Å²) in [6, 6.07) is 7.94. The molecule has 1 aromatic carbocycles. The third-order valence-electron chi connectivity index (χ3n) is 6.70. The second-order valence-electron chi connectivity index (χ2n) is 10.2. The molecular weight excluding hydrogens is 456 g/mol. The summed E-state index contributed by atoms with van der Waals surface area (Å²) in [4.78, 5) is 37.8. The first-order valence-electron chi connectivity index (χ1n) is 13.7. The number of amides is 4. The van der Waals surface area contributed by atoms with Gasteiger partial charge in [-0.25, -0.2) is 4.79 Å².